The Hall–Kier alpha value is -8.00. The summed E-state index contributed by atoms with van der Waals surface area (Å²) in [7, 11) is 11.8. The molecule has 0 aliphatic carbocycles. The summed E-state index contributed by atoms with van der Waals surface area (Å²) in [6.45, 7) is 62.1. The summed E-state index contributed by atoms with van der Waals surface area (Å²) in [5.74, 6) is 10.9. The Kier molecular flexibility index (Phi) is 40.0. The predicted octanol–water partition coefficient (Wildman–Crippen LogP) is 18.0. The molecule has 101 heavy (non-hydrogen) atoms. The van der Waals surface area contributed by atoms with Gasteiger partial charge in [0.2, 0.25) is 0 Å². The van der Waals surface area contributed by atoms with E-state index in [9.17, 15) is 0 Å². The first-order chi connectivity index (χ1) is 46.8. The number of aryl methyl sites for hydroxylation is 8. The smallest absolute Gasteiger partial charge is 0.191 e. The molecule has 1 aliphatic heterocycles. The Morgan fingerprint density at radius 2 is 1.09 bits per heavy atom. The number of hydrogen-bond donors (Lipinski definition) is 0. The maximum absolute atomic E-state index is 5.23. The molecule has 10 aromatic heterocycles. The zero-order valence-corrected chi connectivity index (χ0v) is 69.9. The van der Waals surface area contributed by atoms with Gasteiger partial charge in [-0.15, -0.1) is 68.6 Å². The first-order valence-corrected chi connectivity index (χ1v) is 36.6. The van der Waals surface area contributed by atoms with Crippen molar-refractivity contribution in [1.82, 2.24) is 104 Å². The topological polar surface area (TPSA) is 262 Å². The molecular weight excluding hydrogens is 1310 g/mol. The molecule has 0 radical (unpaired) electrons. The van der Waals surface area contributed by atoms with E-state index in [1.807, 2.05) is 119 Å². The number of aliphatic imine (C=N–C) groups is 1. The van der Waals surface area contributed by atoms with Crippen molar-refractivity contribution in [3.05, 3.63) is 158 Å². The lowest BCUT2D eigenvalue weighted by Crippen LogP contribution is -2.11. The quantitative estimate of drug-likeness (QED) is 0.137. The zero-order valence-electron chi connectivity index (χ0n) is 68.3. The Bertz CT molecular complexity index is 3590. The van der Waals surface area contributed by atoms with Gasteiger partial charge in [0.15, 0.2) is 12.3 Å². The van der Waals surface area contributed by atoms with E-state index < -0.39 is 0 Å². The molecule has 11 rings (SSSR count). The molecule has 11 heterocycles. The average Bonchev–Trinajstić information content (AvgIpc) is 1.74. The van der Waals surface area contributed by atoms with Crippen molar-refractivity contribution < 1.29 is 8.83 Å². The van der Waals surface area contributed by atoms with Gasteiger partial charge in [0.1, 0.15) is 61.7 Å². The molecule has 0 N–H and O–H groups in total. The molecule has 10 aromatic rings. The highest BCUT2D eigenvalue weighted by atomic mass is 32.1. The fourth-order valence-electron chi connectivity index (χ4n) is 8.21. The van der Waals surface area contributed by atoms with Gasteiger partial charge in [-0.3, -0.25) is 14.4 Å². The van der Waals surface area contributed by atoms with Gasteiger partial charge in [0.25, 0.3) is 0 Å². The lowest BCUT2D eigenvalue weighted by molar-refractivity contribution is 0.456. The van der Waals surface area contributed by atoms with Crippen LogP contribution in [0.3, 0.4) is 0 Å². The second kappa shape index (κ2) is 44.4. The maximum atomic E-state index is 5.23. The van der Waals surface area contributed by atoms with Gasteiger partial charge in [-0.1, -0.05) is 184 Å². The van der Waals surface area contributed by atoms with Crippen LogP contribution in [0.25, 0.3) is 0 Å². The second-order valence-electron chi connectivity index (χ2n) is 30.1. The van der Waals surface area contributed by atoms with Crippen LogP contribution in [0.15, 0.2) is 93.4 Å². The summed E-state index contributed by atoms with van der Waals surface area (Å²) in [5.41, 5.74) is 8.68. The van der Waals surface area contributed by atoms with Crippen LogP contribution >= 0.6 is 22.7 Å². The predicted molar refractivity (Wildman–Crippen MR) is 415 cm³/mol. The van der Waals surface area contributed by atoms with Gasteiger partial charge in [0, 0.05) is 133 Å². The van der Waals surface area contributed by atoms with E-state index in [0.717, 1.165) is 68.0 Å². The van der Waals surface area contributed by atoms with E-state index in [2.05, 4.69) is 278 Å². The van der Waals surface area contributed by atoms with Gasteiger partial charge in [-0.05, 0) is 54.6 Å². The Morgan fingerprint density at radius 3 is 1.31 bits per heavy atom. The van der Waals surface area contributed by atoms with Crippen molar-refractivity contribution in [3.63, 3.8) is 0 Å². The molecule has 0 bridgehead atoms. The number of imidazole rings is 2. The molecule has 24 nitrogen and oxygen atoms in total. The number of rotatable bonds is 8. The van der Waals surface area contributed by atoms with Gasteiger partial charge in [0.05, 0.1) is 37.2 Å². The van der Waals surface area contributed by atoms with E-state index in [0.29, 0.717) is 52.8 Å². The van der Waals surface area contributed by atoms with Gasteiger partial charge >= 0.3 is 0 Å². The maximum Gasteiger partial charge on any atom is 0.191 e. The second-order valence-corrected chi connectivity index (χ2v) is 32.2. The SMILES string of the molecule is CC(C)(C)C1=CCN=C1.CC(C)c1cncn1C.CC(C)c1cnco1.CC(C)c1nncn1C.CC(C)c1nncs1.Cc1ncc(C(C)C)n1C.Cc1ncc(C(C)C)o1.Cc1nnc(C(C)C)n1C.Cc1nnc(C(C)C)s1.Cn1cc(C(C)(C)C)cn1.Cn1cc(C(C)(C)C)nn1. The summed E-state index contributed by atoms with van der Waals surface area (Å²) in [5, 5.41) is 46.4. The minimum Gasteiger partial charge on any atom is -0.448 e. The van der Waals surface area contributed by atoms with Crippen LogP contribution in [-0.4, -0.2) is 117 Å². The van der Waals surface area contributed by atoms with E-state index in [-0.39, 0.29) is 10.8 Å². The monoisotopic (exact) mass is 1430 g/mol. The molecule has 0 fully saturated rings. The van der Waals surface area contributed by atoms with Gasteiger partial charge in [-0.2, -0.15) is 5.10 Å². The van der Waals surface area contributed by atoms with Gasteiger partial charge < -0.3 is 27.1 Å². The lowest BCUT2D eigenvalue weighted by atomic mass is 9.88. The largest absolute Gasteiger partial charge is 0.448 e. The number of hydrogen-bond acceptors (Lipinski definition) is 20. The van der Waals surface area contributed by atoms with Crippen LogP contribution < -0.4 is 0 Å². The molecular formula is C75H128N22O2S2. The first-order valence-electron chi connectivity index (χ1n) is 34.9. The highest BCUT2D eigenvalue weighted by molar-refractivity contribution is 7.11. The lowest BCUT2D eigenvalue weighted by Gasteiger charge is -2.16. The number of allylic oxidation sites excluding steroid dienone is 1. The molecule has 0 amide bonds. The van der Waals surface area contributed by atoms with Crippen LogP contribution in [0.5, 0.6) is 0 Å². The molecule has 26 heteroatoms. The highest BCUT2D eigenvalue weighted by Crippen LogP contribution is 2.26. The van der Waals surface area contributed by atoms with E-state index in [1.54, 1.807) is 51.6 Å². The third-order valence-corrected chi connectivity index (χ3v) is 16.9. The van der Waals surface area contributed by atoms with Crippen LogP contribution in [-0.2, 0) is 53.1 Å². The average molecular weight is 1430 g/mol. The molecule has 0 aromatic carbocycles. The molecule has 0 spiro atoms. The van der Waals surface area contributed by atoms with Crippen molar-refractivity contribution in [2.75, 3.05) is 6.54 Å². The normalized spacial score (nSPS) is 11.6. The minimum atomic E-state index is 0.119. The highest BCUT2D eigenvalue weighted by Gasteiger charge is 2.18. The molecule has 0 saturated carbocycles. The number of aromatic nitrogens is 21. The Balaban J connectivity index is 0.000000556. The third-order valence-electron chi connectivity index (χ3n) is 14.8. The molecule has 562 valence electrons. The van der Waals surface area contributed by atoms with E-state index in [4.69, 9.17) is 8.83 Å². The summed E-state index contributed by atoms with van der Waals surface area (Å²) < 4.78 is 21.9. The molecule has 0 unspecified atom stereocenters. The Labute approximate surface area is 614 Å². The summed E-state index contributed by atoms with van der Waals surface area (Å²) in [6.07, 6.45) is 22.4. The summed E-state index contributed by atoms with van der Waals surface area (Å²) >= 11 is 3.28. The van der Waals surface area contributed by atoms with Crippen molar-refractivity contribution in [2.24, 2.45) is 52.7 Å². The summed E-state index contributed by atoms with van der Waals surface area (Å²) in [4.78, 5) is 20.1. The first kappa shape index (κ1) is 91.0. The molecule has 0 atom stereocenters. The van der Waals surface area contributed by atoms with Crippen LogP contribution in [0, 0.1) is 33.1 Å². The fraction of sp³-hybridized carbons (Fsp3) is 0.627. The van der Waals surface area contributed by atoms with E-state index in [1.165, 1.54) is 28.9 Å². The number of nitrogens with zero attached hydrogens (tertiary/aromatic N) is 22. The van der Waals surface area contributed by atoms with Crippen molar-refractivity contribution >= 4 is 28.9 Å². The molecule has 1 aliphatic rings. The van der Waals surface area contributed by atoms with Crippen LogP contribution in [0.1, 0.15) is 299 Å². The van der Waals surface area contributed by atoms with E-state index >= 15 is 0 Å². The standard InChI is InChI=1S/2C8H14N2.C8H13N.2C7H13N3.C7H12N2.C7H11NO.C6H11N3.C6H10N2S.C6H9NO.C5H8N2S/c1-8(2,3)7-5-9-10(4)6-7;1-6(2)8-5-9-7(3)10(8)4;1-8(2,3)7-4-5-9-6-7;1-7(2,3)6-5-10(4)9-8-6;1-5(2)7-9-8-6(3)10(7)4;1-6(2)7-4-8-5-9(7)3;1-5(2)7-4-8-6(3)9-7;1-5(2)6-8-7-4-9(6)3;1-4(2)6-8-7-5(3)9-6;1-5(2)6-3-7-4-8-6;1-4(2)5-7-6-3-8-5/h2*5-6H,1-4H3;4,6H,5H2,1-3H3;2*5H,1-4H3;4-6H,1-3H3;2*4-5H,1-3H3;4H,1-3H3;3-5H,1-2H3;3-4H,1-2H3. The molecule has 0 saturated heterocycles. The Morgan fingerprint density at radius 1 is 0.475 bits per heavy atom. The van der Waals surface area contributed by atoms with Crippen LogP contribution in [0.4, 0.5) is 0 Å². The van der Waals surface area contributed by atoms with Gasteiger partial charge in [-0.25, -0.2) is 19.9 Å². The van der Waals surface area contributed by atoms with Crippen LogP contribution in [0.2, 0.25) is 0 Å². The van der Waals surface area contributed by atoms with Crippen molar-refractivity contribution in [3.8, 4) is 0 Å². The summed E-state index contributed by atoms with van der Waals surface area (Å²) in [6, 6.07) is 0. The zero-order chi connectivity index (χ0) is 77.3. The minimum absolute atomic E-state index is 0.119. The van der Waals surface area contributed by atoms with Crippen molar-refractivity contribution in [1.29, 1.82) is 0 Å². The van der Waals surface area contributed by atoms with Crippen molar-refractivity contribution in [2.45, 2.75) is 259 Å². The third kappa shape index (κ3) is 35.4. The fourth-order valence-corrected chi connectivity index (χ4v) is 9.48. The number of oxazole rings is 2.